The molecule has 0 fully saturated rings. The number of hydrogen-bond donors (Lipinski definition) is 0. The molecule has 12 rings (SSSR count). The third-order valence-electron chi connectivity index (χ3n) is 12.3. The van der Waals surface area contributed by atoms with Crippen molar-refractivity contribution in [3.8, 4) is 11.4 Å². The zero-order valence-electron chi connectivity index (χ0n) is 33.1. The average molecular weight is 758 g/mol. The average Bonchev–Trinajstić information content (AvgIpc) is 3.92. The highest BCUT2D eigenvalue weighted by molar-refractivity contribution is 6.23. The van der Waals surface area contributed by atoms with E-state index in [-0.39, 0.29) is 0 Å². The van der Waals surface area contributed by atoms with E-state index in [1.165, 1.54) is 65.7 Å². The van der Waals surface area contributed by atoms with Crippen LogP contribution < -0.4 is 4.90 Å². The lowest BCUT2D eigenvalue weighted by atomic mass is 10.0. The van der Waals surface area contributed by atoms with Gasteiger partial charge in [0.05, 0.1) is 27.8 Å². The third kappa shape index (κ3) is 5.03. The lowest BCUT2D eigenvalue weighted by Crippen LogP contribution is -2.13. The molecule has 9 aromatic carbocycles. The molecule has 4 heteroatoms. The van der Waals surface area contributed by atoms with Crippen LogP contribution in [0.2, 0.25) is 0 Å². The van der Waals surface area contributed by atoms with Gasteiger partial charge in [0, 0.05) is 55.1 Å². The number of anilines is 3. The topological polar surface area (TPSA) is 26.2 Å². The van der Waals surface area contributed by atoms with Gasteiger partial charge in [-0.1, -0.05) is 103 Å². The molecule has 0 aliphatic rings. The van der Waals surface area contributed by atoms with E-state index >= 15 is 0 Å². The van der Waals surface area contributed by atoms with Crippen molar-refractivity contribution in [2.45, 2.75) is 20.8 Å². The van der Waals surface area contributed by atoms with Gasteiger partial charge in [-0.05, 0) is 128 Å². The molecule has 280 valence electrons. The van der Waals surface area contributed by atoms with E-state index in [0.29, 0.717) is 0 Å². The van der Waals surface area contributed by atoms with E-state index < -0.39 is 0 Å². The molecule has 0 bridgehead atoms. The van der Waals surface area contributed by atoms with Gasteiger partial charge in [0.2, 0.25) is 0 Å². The Morgan fingerprint density at radius 2 is 0.932 bits per heavy atom. The van der Waals surface area contributed by atoms with Crippen LogP contribution in [0.3, 0.4) is 0 Å². The fraction of sp³-hybridized carbons (Fsp3) is 0.0545. The minimum atomic E-state index is 0.899. The van der Waals surface area contributed by atoms with Gasteiger partial charge < -0.3 is 18.5 Å². The molecule has 0 N–H and O–H groups in total. The lowest BCUT2D eigenvalue weighted by Gasteiger charge is -2.29. The van der Waals surface area contributed by atoms with Gasteiger partial charge >= 0.3 is 0 Å². The molecule has 0 atom stereocenters. The molecule has 3 heterocycles. The van der Waals surface area contributed by atoms with E-state index in [0.717, 1.165) is 55.7 Å². The summed E-state index contributed by atoms with van der Waals surface area (Å²) in [6.07, 6.45) is 0. The van der Waals surface area contributed by atoms with Gasteiger partial charge in [-0.25, -0.2) is 0 Å². The molecule has 0 saturated carbocycles. The number of rotatable bonds is 5. The molecule has 0 aliphatic carbocycles. The lowest BCUT2D eigenvalue weighted by molar-refractivity contribution is 0.671. The van der Waals surface area contributed by atoms with Crippen molar-refractivity contribution in [3.63, 3.8) is 0 Å². The summed E-state index contributed by atoms with van der Waals surface area (Å²) in [7, 11) is 0. The maximum absolute atomic E-state index is 6.72. The molecule has 4 nitrogen and oxygen atoms in total. The number of fused-ring (bicyclic) bond motifs is 11. The van der Waals surface area contributed by atoms with Gasteiger partial charge in [-0.2, -0.15) is 0 Å². The van der Waals surface area contributed by atoms with Crippen molar-refractivity contribution in [1.29, 1.82) is 0 Å². The van der Waals surface area contributed by atoms with Crippen LogP contribution in [0.25, 0.3) is 87.7 Å². The number of aryl methyl sites for hydroxylation is 3. The summed E-state index contributed by atoms with van der Waals surface area (Å²) < 4.78 is 11.5. The quantitative estimate of drug-likeness (QED) is 0.175. The van der Waals surface area contributed by atoms with Gasteiger partial charge in [-0.15, -0.1) is 0 Å². The molecule has 0 unspecified atom stereocenters. The standard InChI is InChI=1S/C55H39N3O/c1-34-30-35(2)53(36(3)31-34)56(39-20-24-41(25-21-39)57-49-17-9-6-14-43(49)44-15-7-10-18-50(44)57)40-22-26-42(27-23-40)58-51-33-38-13-5-4-12-37(38)32-48(51)46-28-29-47-45-16-8-11-19-52(45)59-55(47)54(46)58/h4-33H,1-3H3. The first-order valence-corrected chi connectivity index (χ1v) is 20.3. The number of benzene rings is 9. The first-order chi connectivity index (χ1) is 29.0. The summed E-state index contributed by atoms with van der Waals surface area (Å²) in [5.41, 5.74) is 15.8. The molecule has 0 spiro atoms. The second kappa shape index (κ2) is 12.7. The number of nitrogens with zero attached hydrogens (tertiary/aromatic N) is 3. The van der Waals surface area contributed by atoms with Crippen LogP contribution in [-0.2, 0) is 0 Å². The molecule has 0 radical (unpaired) electrons. The van der Waals surface area contributed by atoms with Crippen molar-refractivity contribution in [2.75, 3.05) is 4.90 Å². The molecular formula is C55H39N3O. The minimum Gasteiger partial charge on any atom is -0.454 e. The maximum atomic E-state index is 6.72. The maximum Gasteiger partial charge on any atom is 0.160 e. The molecule has 0 aliphatic heterocycles. The first-order valence-electron chi connectivity index (χ1n) is 20.3. The predicted octanol–water partition coefficient (Wildman–Crippen LogP) is 15.3. The van der Waals surface area contributed by atoms with E-state index in [2.05, 4.69) is 211 Å². The van der Waals surface area contributed by atoms with Crippen LogP contribution in [0.4, 0.5) is 17.1 Å². The first kappa shape index (κ1) is 33.6. The number of para-hydroxylation sites is 3. The fourth-order valence-electron chi connectivity index (χ4n) is 9.87. The second-order valence-corrected chi connectivity index (χ2v) is 16.0. The Morgan fingerprint density at radius 1 is 0.407 bits per heavy atom. The monoisotopic (exact) mass is 757 g/mol. The molecular weight excluding hydrogens is 719 g/mol. The summed E-state index contributed by atoms with van der Waals surface area (Å²) in [4.78, 5) is 2.42. The van der Waals surface area contributed by atoms with Crippen LogP contribution in [0.1, 0.15) is 16.7 Å². The summed E-state index contributed by atoms with van der Waals surface area (Å²) in [5, 5.41) is 9.60. The smallest absolute Gasteiger partial charge is 0.160 e. The van der Waals surface area contributed by atoms with Crippen LogP contribution in [0.15, 0.2) is 186 Å². The van der Waals surface area contributed by atoms with Crippen LogP contribution in [0.5, 0.6) is 0 Å². The van der Waals surface area contributed by atoms with Crippen LogP contribution in [0, 0.1) is 20.8 Å². The third-order valence-corrected chi connectivity index (χ3v) is 12.3. The van der Waals surface area contributed by atoms with E-state index in [9.17, 15) is 0 Å². The summed E-state index contributed by atoms with van der Waals surface area (Å²) in [6, 6.07) is 66.2. The SMILES string of the molecule is Cc1cc(C)c(N(c2ccc(-n3c4ccccc4c4ccccc43)cc2)c2ccc(-n3c4cc5ccccc5cc4c4ccc5c6ccccc6oc5c43)cc2)c(C)c1. The van der Waals surface area contributed by atoms with E-state index in [4.69, 9.17) is 4.42 Å². The van der Waals surface area contributed by atoms with Crippen LogP contribution in [-0.4, -0.2) is 9.13 Å². The van der Waals surface area contributed by atoms with Crippen molar-refractivity contribution in [2.24, 2.45) is 0 Å². The zero-order valence-corrected chi connectivity index (χ0v) is 33.1. The Labute approximate surface area is 341 Å². The van der Waals surface area contributed by atoms with Crippen molar-refractivity contribution < 1.29 is 4.42 Å². The largest absolute Gasteiger partial charge is 0.454 e. The number of aromatic nitrogens is 2. The zero-order chi connectivity index (χ0) is 39.4. The highest BCUT2D eigenvalue weighted by atomic mass is 16.3. The second-order valence-electron chi connectivity index (χ2n) is 16.0. The van der Waals surface area contributed by atoms with Crippen molar-refractivity contribution in [3.05, 3.63) is 199 Å². The molecule has 3 aromatic heterocycles. The molecule has 0 saturated heterocycles. The predicted molar refractivity (Wildman–Crippen MR) is 249 cm³/mol. The molecule has 0 amide bonds. The van der Waals surface area contributed by atoms with E-state index in [1.54, 1.807) is 0 Å². The Morgan fingerprint density at radius 3 is 1.58 bits per heavy atom. The van der Waals surface area contributed by atoms with E-state index in [1.807, 2.05) is 6.07 Å². The summed E-state index contributed by atoms with van der Waals surface area (Å²) in [6.45, 7) is 6.63. The number of furan rings is 1. The molecule has 59 heavy (non-hydrogen) atoms. The summed E-state index contributed by atoms with van der Waals surface area (Å²) >= 11 is 0. The van der Waals surface area contributed by atoms with Crippen LogP contribution >= 0.6 is 0 Å². The Bertz CT molecular complexity index is 3560. The Balaban J connectivity index is 1.05. The highest BCUT2D eigenvalue weighted by Crippen LogP contribution is 2.44. The Hall–Kier alpha value is -7.56. The van der Waals surface area contributed by atoms with Gasteiger partial charge in [0.1, 0.15) is 5.58 Å². The van der Waals surface area contributed by atoms with Gasteiger partial charge in [0.25, 0.3) is 0 Å². The minimum absolute atomic E-state index is 0.899. The van der Waals surface area contributed by atoms with Crippen molar-refractivity contribution >= 4 is 93.4 Å². The molecule has 12 aromatic rings. The van der Waals surface area contributed by atoms with Gasteiger partial charge in [0.15, 0.2) is 5.58 Å². The fourth-order valence-corrected chi connectivity index (χ4v) is 9.87. The Kier molecular flexibility index (Phi) is 7.24. The summed E-state index contributed by atoms with van der Waals surface area (Å²) in [5.74, 6) is 0. The van der Waals surface area contributed by atoms with Gasteiger partial charge in [-0.3, -0.25) is 0 Å². The highest BCUT2D eigenvalue weighted by Gasteiger charge is 2.22. The van der Waals surface area contributed by atoms with Crippen molar-refractivity contribution in [1.82, 2.24) is 9.13 Å². The normalized spacial score (nSPS) is 12.0. The number of hydrogen-bond acceptors (Lipinski definition) is 2.